The van der Waals surface area contributed by atoms with E-state index in [1.807, 2.05) is 62.4 Å². The van der Waals surface area contributed by atoms with Crippen LogP contribution in [0.1, 0.15) is 139 Å². The van der Waals surface area contributed by atoms with Crippen molar-refractivity contribution in [1.82, 2.24) is 4.90 Å². The number of benzene rings is 6. The molecule has 0 bridgehead atoms. The summed E-state index contributed by atoms with van der Waals surface area (Å²) in [7, 11) is 0. The molecule has 0 spiro atoms. The number of hydrogen-bond donors (Lipinski definition) is 0. The SMILES string of the molecule is CCCCOC(=O)c1ccc2c3c(Br)cc4c5c(ccc(c6c(Oc7ccc(C(C)(C)C)cc7)cc(C(=O)OCCCC)c1c26)c53)C(=O)N(C1CCCCC1)C4=O. The van der Waals surface area contributed by atoms with E-state index in [9.17, 15) is 19.2 Å². The van der Waals surface area contributed by atoms with Crippen molar-refractivity contribution in [2.75, 3.05) is 13.2 Å². The van der Waals surface area contributed by atoms with Crippen LogP contribution in [0.15, 0.2) is 65.1 Å². The normalized spacial score (nSPS) is 15.0. The minimum atomic E-state index is -0.572. The standard InChI is InChI=1S/C48H48BrNO7/c1-6-8-23-55-46(53)33-22-20-30-40-36(49)25-34-38-32(44(51)50(45(34)52)28-13-11-10-12-14-28)21-19-31(42(38)40)41-37(57-29-17-15-27(16-18-29)48(3,4)5)26-35(39(33)43(30)41)47(54)56-24-9-7-2/h15-22,25-26,28H,6-14,23-24H2,1-5H3. The lowest BCUT2D eigenvalue weighted by Gasteiger charge is -2.36. The molecule has 6 aromatic carbocycles. The highest BCUT2D eigenvalue weighted by atomic mass is 79.9. The number of carbonyl (C=O) groups is 4. The molecule has 1 aliphatic carbocycles. The van der Waals surface area contributed by atoms with E-state index in [1.54, 1.807) is 12.1 Å². The van der Waals surface area contributed by atoms with Crippen LogP contribution < -0.4 is 4.74 Å². The van der Waals surface area contributed by atoms with Crippen LogP contribution in [0, 0.1) is 0 Å². The van der Waals surface area contributed by atoms with Crippen molar-refractivity contribution in [2.24, 2.45) is 0 Å². The number of fused-ring (bicyclic) bond motifs is 2. The Morgan fingerprint density at radius 2 is 1.28 bits per heavy atom. The maximum Gasteiger partial charge on any atom is 0.338 e. The number of ether oxygens (including phenoxy) is 3. The zero-order chi connectivity index (χ0) is 40.2. The molecule has 2 amide bonds. The fourth-order valence-electron chi connectivity index (χ4n) is 8.73. The number of rotatable bonds is 11. The molecule has 0 aromatic heterocycles. The number of unbranched alkanes of at least 4 members (excludes halogenated alkanes) is 2. The molecule has 6 aromatic rings. The van der Waals surface area contributed by atoms with E-state index in [4.69, 9.17) is 14.2 Å². The number of halogens is 1. The molecule has 0 radical (unpaired) electrons. The van der Waals surface area contributed by atoms with Gasteiger partial charge in [-0.25, -0.2) is 9.59 Å². The maximum atomic E-state index is 14.4. The topological polar surface area (TPSA) is 99.2 Å². The van der Waals surface area contributed by atoms with E-state index in [-0.39, 0.29) is 47.6 Å². The molecular formula is C48H48BrNO7. The first-order valence-electron chi connectivity index (χ1n) is 20.4. The minimum Gasteiger partial charge on any atom is -0.462 e. The number of esters is 2. The molecule has 0 saturated heterocycles. The van der Waals surface area contributed by atoms with Crippen LogP contribution in [-0.4, -0.2) is 47.9 Å². The van der Waals surface area contributed by atoms with Gasteiger partial charge >= 0.3 is 11.9 Å². The van der Waals surface area contributed by atoms with E-state index in [2.05, 4.69) is 36.7 Å². The Kier molecular flexibility index (Phi) is 10.5. The highest BCUT2D eigenvalue weighted by molar-refractivity contribution is 9.10. The number of hydrogen-bond acceptors (Lipinski definition) is 7. The molecule has 294 valence electrons. The third-order valence-electron chi connectivity index (χ3n) is 11.7. The monoisotopic (exact) mass is 829 g/mol. The minimum absolute atomic E-state index is 0.0749. The van der Waals surface area contributed by atoms with Gasteiger partial charge in [0.15, 0.2) is 0 Å². The Labute approximate surface area is 341 Å². The van der Waals surface area contributed by atoms with Gasteiger partial charge in [-0.05, 0) is 83.8 Å². The number of imide groups is 1. The van der Waals surface area contributed by atoms with Gasteiger partial charge in [0.1, 0.15) is 11.5 Å². The summed E-state index contributed by atoms with van der Waals surface area (Å²) in [6.45, 7) is 11.0. The summed E-state index contributed by atoms with van der Waals surface area (Å²) in [5, 5.41) is 5.21. The third-order valence-corrected chi connectivity index (χ3v) is 12.3. The smallest absolute Gasteiger partial charge is 0.338 e. The van der Waals surface area contributed by atoms with Gasteiger partial charge in [0.25, 0.3) is 11.8 Å². The van der Waals surface area contributed by atoms with E-state index in [1.165, 1.54) is 4.90 Å². The molecule has 1 saturated carbocycles. The quantitative estimate of drug-likeness (QED) is 0.0421. The largest absolute Gasteiger partial charge is 0.462 e. The van der Waals surface area contributed by atoms with Crippen LogP contribution in [-0.2, 0) is 14.9 Å². The molecule has 2 aliphatic rings. The second kappa shape index (κ2) is 15.4. The zero-order valence-corrected chi connectivity index (χ0v) is 34.9. The van der Waals surface area contributed by atoms with Crippen molar-refractivity contribution in [1.29, 1.82) is 0 Å². The van der Waals surface area contributed by atoms with E-state index >= 15 is 0 Å². The second-order valence-electron chi connectivity index (χ2n) is 16.5. The molecule has 57 heavy (non-hydrogen) atoms. The van der Waals surface area contributed by atoms with E-state index < -0.39 is 11.9 Å². The van der Waals surface area contributed by atoms with Gasteiger partial charge in [-0.2, -0.15) is 0 Å². The van der Waals surface area contributed by atoms with Gasteiger partial charge in [-0.3, -0.25) is 14.5 Å². The van der Waals surface area contributed by atoms with Gasteiger partial charge in [0, 0.05) is 54.0 Å². The highest BCUT2D eigenvalue weighted by Crippen LogP contribution is 2.51. The highest BCUT2D eigenvalue weighted by Gasteiger charge is 2.40. The molecule has 8 nitrogen and oxygen atoms in total. The van der Waals surface area contributed by atoms with Crippen LogP contribution in [0.25, 0.3) is 43.1 Å². The Balaban J connectivity index is 1.46. The molecule has 1 aliphatic heterocycles. The van der Waals surface area contributed by atoms with E-state index in [0.717, 1.165) is 72.1 Å². The predicted molar refractivity (Wildman–Crippen MR) is 228 cm³/mol. The first-order chi connectivity index (χ1) is 27.4. The molecule has 8 rings (SSSR count). The van der Waals surface area contributed by atoms with Crippen molar-refractivity contribution in [3.8, 4) is 11.5 Å². The molecule has 1 heterocycles. The molecule has 9 heteroatoms. The lowest BCUT2D eigenvalue weighted by molar-refractivity contribution is 0.0486. The van der Waals surface area contributed by atoms with E-state index in [0.29, 0.717) is 61.5 Å². The average molecular weight is 831 g/mol. The van der Waals surface area contributed by atoms with Crippen molar-refractivity contribution >= 4 is 82.8 Å². The fourth-order valence-corrected chi connectivity index (χ4v) is 9.37. The number of amides is 2. The molecule has 0 unspecified atom stereocenters. The Morgan fingerprint density at radius 1 is 0.684 bits per heavy atom. The lowest BCUT2D eigenvalue weighted by atomic mass is 9.82. The van der Waals surface area contributed by atoms with Crippen molar-refractivity contribution < 1.29 is 33.4 Å². The summed E-state index contributed by atoms with van der Waals surface area (Å²) < 4.78 is 19.1. The average Bonchev–Trinajstić information content (AvgIpc) is 3.20. The summed E-state index contributed by atoms with van der Waals surface area (Å²) in [6.07, 6.45) is 7.74. The van der Waals surface area contributed by atoms with Gasteiger partial charge in [0.2, 0.25) is 0 Å². The van der Waals surface area contributed by atoms with Crippen LogP contribution in [0.3, 0.4) is 0 Å². The Morgan fingerprint density at radius 3 is 1.93 bits per heavy atom. The number of nitrogens with zero attached hydrogens (tertiary/aromatic N) is 1. The van der Waals surface area contributed by atoms with Crippen LogP contribution in [0.2, 0.25) is 0 Å². The molecule has 0 N–H and O–H groups in total. The predicted octanol–water partition coefficient (Wildman–Crippen LogP) is 12.4. The van der Waals surface area contributed by atoms with Crippen molar-refractivity contribution in [3.63, 3.8) is 0 Å². The van der Waals surface area contributed by atoms with Crippen molar-refractivity contribution in [3.05, 3.63) is 93.0 Å². The van der Waals surface area contributed by atoms with Crippen molar-refractivity contribution in [2.45, 2.75) is 104 Å². The fraction of sp³-hybridized carbons (Fsp3) is 0.375. The molecular weight excluding hydrogens is 782 g/mol. The summed E-state index contributed by atoms with van der Waals surface area (Å²) in [5.41, 5.74) is 2.44. The molecule has 0 atom stereocenters. The summed E-state index contributed by atoms with van der Waals surface area (Å²) in [6, 6.07) is 18.6. The van der Waals surface area contributed by atoms with Crippen LogP contribution in [0.5, 0.6) is 11.5 Å². The van der Waals surface area contributed by atoms with Gasteiger partial charge in [-0.1, -0.05) is 107 Å². The second-order valence-corrected chi connectivity index (χ2v) is 17.4. The van der Waals surface area contributed by atoms with Crippen LogP contribution >= 0.6 is 15.9 Å². The zero-order valence-electron chi connectivity index (χ0n) is 33.3. The Hall–Kier alpha value is -5.02. The van der Waals surface area contributed by atoms with Gasteiger partial charge < -0.3 is 14.2 Å². The summed E-state index contributed by atoms with van der Waals surface area (Å²) in [4.78, 5) is 58.5. The summed E-state index contributed by atoms with van der Waals surface area (Å²) in [5.74, 6) is -0.734. The van der Waals surface area contributed by atoms with Gasteiger partial charge in [-0.15, -0.1) is 0 Å². The first kappa shape index (κ1) is 38.8. The Bertz CT molecular complexity index is 2580. The lowest BCUT2D eigenvalue weighted by Crippen LogP contribution is -2.47. The van der Waals surface area contributed by atoms with Gasteiger partial charge in [0.05, 0.1) is 24.3 Å². The summed E-state index contributed by atoms with van der Waals surface area (Å²) >= 11 is 3.87. The molecule has 1 fully saturated rings. The third kappa shape index (κ3) is 6.71. The first-order valence-corrected chi connectivity index (χ1v) is 21.2. The van der Waals surface area contributed by atoms with Crippen LogP contribution in [0.4, 0.5) is 0 Å². The number of carbonyl (C=O) groups excluding carboxylic acids is 4. The maximum absolute atomic E-state index is 14.4.